The number of aryl methyl sites for hydroxylation is 1. The fourth-order valence-electron chi connectivity index (χ4n) is 2.09. The van der Waals surface area contributed by atoms with Crippen LogP contribution in [0.3, 0.4) is 0 Å². The van der Waals surface area contributed by atoms with Gasteiger partial charge in [0.15, 0.2) is 0 Å². The van der Waals surface area contributed by atoms with Crippen LogP contribution in [0.2, 0.25) is 0 Å². The maximum absolute atomic E-state index is 4.39. The molecule has 106 valence electrons. The second kappa shape index (κ2) is 6.10. The van der Waals surface area contributed by atoms with Gasteiger partial charge in [-0.3, -0.25) is 0 Å². The van der Waals surface area contributed by atoms with Gasteiger partial charge in [0.1, 0.15) is 4.60 Å². The number of aromatic nitrogens is 3. The van der Waals surface area contributed by atoms with E-state index in [1.807, 2.05) is 66.5 Å². The van der Waals surface area contributed by atoms with Crippen molar-refractivity contribution in [3.63, 3.8) is 0 Å². The van der Waals surface area contributed by atoms with Crippen molar-refractivity contribution in [3.05, 3.63) is 70.7 Å². The average molecular weight is 343 g/mol. The Labute approximate surface area is 132 Å². The van der Waals surface area contributed by atoms with E-state index in [-0.39, 0.29) is 0 Å². The molecule has 3 aromatic rings. The van der Waals surface area contributed by atoms with Crippen molar-refractivity contribution >= 4 is 21.6 Å². The molecular weight excluding hydrogens is 328 g/mol. The molecule has 0 aliphatic carbocycles. The first-order valence-electron chi connectivity index (χ1n) is 6.68. The molecule has 4 nitrogen and oxygen atoms in total. The van der Waals surface area contributed by atoms with E-state index in [1.54, 1.807) is 0 Å². The van der Waals surface area contributed by atoms with Gasteiger partial charge in [-0.2, -0.15) is 5.10 Å². The third-order valence-corrected chi connectivity index (χ3v) is 3.63. The summed E-state index contributed by atoms with van der Waals surface area (Å²) in [6.45, 7) is 2.71. The zero-order chi connectivity index (χ0) is 14.7. The molecule has 0 fully saturated rings. The molecule has 0 aliphatic rings. The summed E-state index contributed by atoms with van der Waals surface area (Å²) in [7, 11) is 0. The normalized spacial score (nSPS) is 10.6. The quantitative estimate of drug-likeness (QED) is 0.730. The molecule has 0 spiro atoms. The van der Waals surface area contributed by atoms with Crippen LogP contribution in [0.1, 0.15) is 11.3 Å². The number of anilines is 1. The van der Waals surface area contributed by atoms with E-state index < -0.39 is 0 Å². The average Bonchev–Trinajstić information content (AvgIpc) is 2.96. The number of nitrogens with zero attached hydrogens (tertiary/aromatic N) is 3. The van der Waals surface area contributed by atoms with Gasteiger partial charge in [-0.05, 0) is 47.1 Å². The highest BCUT2D eigenvalue weighted by atomic mass is 79.9. The first-order chi connectivity index (χ1) is 10.2. The summed E-state index contributed by atoms with van der Waals surface area (Å²) in [5.74, 6) is 0. The van der Waals surface area contributed by atoms with Crippen molar-refractivity contribution in [2.75, 3.05) is 5.32 Å². The van der Waals surface area contributed by atoms with E-state index in [1.165, 1.54) is 0 Å². The second-order valence-corrected chi connectivity index (χ2v) is 5.56. The molecule has 0 amide bonds. The maximum atomic E-state index is 4.39. The molecule has 0 unspecified atom stereocenters. The molecule has 0 saturated heterocycles. The summed E-state index contributed by atoms with van der Waals surface area (Å²) in [6, 6.07) is 14.0. The lowest BCUT2D eigenvalue weighted by molar-refractivity contribution is 0.880. The summed E-state index contributed by atoms with van der Waals surface area (Å²) in [5.41, 5.74) is 4.19. The highest BCUT2D eigenvalue weighted by Gasteiger charge is 2.03. The molecule has 1 aromatic carbocycles. The Morgan fingerprint density at radius 2 is 1.95 bits per heavy atom. The monoisotopic (exact) mass is 342 g/mol. The number of hydrogen-bond donors (Lipinski definition) is 1. The second-order valence-electron chi connectivity index (χ2n) is 4.75. The molecule has 0 aliphatic heterocycles. The van der Waals surface area contributed by atoms with Crippen molar-refractivity contribution in [2.24, 2.45) is 0 Å². The van der Waals surface area contributed by atoms with E-state index in [9.17, 15) is 0 Å². The molecular formula is C16H15BrN4. The minimum atomic E-state index is 0.719. The molecule has 0 radical (unpaired) electrons. The van der Waals surface area contributed by atoms with Crippen LogP contribution in [0.5, 0.6) is 0 Å². The Morgan fingerprint density at radius 3 is 2.71 bits per heavy atom. The molecule has 3 rings (SSSR count). The smallest absolute Gasteiger partial charge is 0.106 e. The first-order valence-corrected chi connectivity index (χ1v) is 7.48. The minimum absolute atomic E-state index is 0.719. The van der Waals surface area contributed by atoms with Crippen LogP contribution in [-0.2, 0) is 6.54 Å². The molecule has 2 aromatic heterocycles. The largest absolute Gasteiger partial charge is 0.379 e. The van der Waals surface area contributed by atoms with E-state index in [0.29, 0.717) is 0 Å². The Hall–Kier alpha value is -2.14. The highest BCUT2D eigenvalue weighted by molar-refractivity contribution is 9.10. The Kier molecular flexibility index (Phi) is 4.01. The van der Waals surface area contributed by atoms with E-state index in [0.717, 1.165) is 33.8 Å². The summed E-state index contributed by atoms with van der Waals surface area (Å²) >= 11 is 3.37. The van der Waals surface area contributed by atoms with Gasteiger partial charge in [0.2, 0.25) is 0 Å². The SMILES string of the molecule is Cc1nc(Br)ccc1NCc1cnn(-c2ccccc2)c1. The minimum Gasteiger partial charge on any atom is -0.379 e. The summed E-state index contributed by atoms with van der Waals surface area (Å²) < 4.78 is 2.73. The number of rotatable bonds is 4. The van der Waals surface area contributed by atoms with Crippen molar-refractivity contribution in [3.8, 4) is 5.69 Å². The van der Waals surface area contributed by atoms with Gasteiger partial charge < -0.3 is 5.32 Å². The highest BCUT2D eigenvalue weighted by Crippen LogP contribution is 2.17. The molecule has 0 atom stereocenters. The van der Waals surface area contributed by atoms with Gasteiger partial charge in [-0.25, -0.2) is 9.67 Å². The van der Waals surface area contributed by atoms with Crippen molar-refractivity contribution < 1.29 is 0 Å². The van der Waals surface area contributed by atoms with Crippen LogP contribution in [0.25, 0.3) is 5.69 Å². The lowest BCUT2D eigenvalue weighted by Crippen LogP contribution is -2.01. The topological polar surface area (TPSA) is 42.7 Å². The van der Waals surface area contributed by atoms with Gasteiger partial charge >= 0.3 is 0 Å². The van der Waals surface area contributed by atoms with E-state index >= 15 is 0 Å². The van der Waals surface area contributed by atoms with Gasteiger partial charge in [0.05, 0.1) is 23.3 Å². The van der Waals surface area contributed by atoms with Gasteiger partial charge in [0, 0.05) is 18.3 Å². The predicted octanol–water partition coefficient (Wildman–Crippen LogP) is 3.95. The van der Waals surface area contributed by atoms with Crippen LogP contribution in [0.15, 0.2) is 59.5 Å². The zero-order valence-electron chi connectivity index (χ0n) is 11.6. The van der Waals surface area contributed by atoms with Crippen LogP contribution >= 0.6 is 15.9 Å². The van der Waals surface area contributed by atoms with Crippen molar-refractivity contribution in [1.82, 2.24) is 14.8 Å². The van der Waals surface area contributed by atoms with Gasteiger partial charge in [-0.1, -0.05) is 18.2 Å². The number of nitrogens with one attached hydrogen (secondary N) is 1. The first kappa shape index (κ1) is 13.8. The van der Waals surface area contributed by atoms with Crippen LogP contribution in [0.4, 0.5) is 5.69 Å². The number of halogens is 1. The Bertz CT molecular complexity index is 737. The maximum Gasteiger partial charge on any atom is 0.106 e. The number of benzene rings is 1. The van der Waals surface area contributed by atoms with Gasteiger partial charge in [0.25, 0.3) is 0 Å². The molecule has 2 heterocycles. The summed E-state index contributed by atoms with van der Waals surface area (Å²) in [6.07, 6.45) is 3.91. The molecule has 0 saturated carbocycles. The molecule has 5 heteroatoms. The number of pyridine rings is 1. The fraction of sp³-hybridized carbons (Fsp3) is 0.125. The number of hydrogen-bond acceptors (Lipinski definition) is 3. The number of para-hydroxylation sites is 1. The molecule has 1 N–H and O–H groups in total. The lowest BCUT2D eigenvalue weighted by atomic mass is 10.3. The van der Waals surface area contributed by atoms with Crippen molar-refractivity contribution in [2.45, 2.75) is 13.5 Å². The van der Waals surface area contributed by atoms with Crippen LogP contribution < -0.4 is 5.32 Å². The van der Waals surface area contributed by atoms with Crippen LogP contribution in [0, 0.1) is 6.92 Å². The zero-order valence-corrected chi connectivity index (χ0v) is 13.2. The predicted molar refractivity (Wildman–Crippen MR) is 87.6 cm³/mol. The molecule has 21 heavy (non-hydrogen) atoms. The van der Waals surface area contributed by atoms with Gasteiger partial charge in [-0.15, -0.1) is 0 Å². The Morgan fingerprint density at radius 1 is 1.14 bits per heavy atom. The van der Waals surface area contributed by atoms with E-state index in [2.05, 4.69) is 31.3 Å². The van der Waals surface area contributed by atoms with Crippen molar-refractivity contribution in [1.29, 1.82) is 0 Å². The van der Waals surface area contributed by atoms with Crippen LogP contribution in [-0.4, -0.2) is 14.8 Å². The van der Waals surface area contributed by atoms with E-state index in [4.69, 9.17) is 0 Å². The third kappa shape index (κ3) is 3.31. The third-order valence-electron chi connectivity index (χ3n) is 3.19. The summed E-state index contributed by atoms with van der Waals surface area (Å²) in [5, 5.41) is 7.77. The fourth-order valence-corrected chi connectivity index (χ4v) is 2.49. The summed E-state index contributed by atoms with van der Waals surface area (Å²) in [4.78, 5) is 4.37. The molecule has 0 bridgehead atoms. The Balaban J connectivity index is 1.70. The standard InChI is InChI=1S/C16H15BrN4/c1-12-15(7-8-16(17)20-12)18-9-13-10-19-21(11-13)14-5-3-2-4-6-14/h2-8,10-11,18H,9H2,1H3. The lowest BCUT2D eigenvalue weighted by Gasteiger charge is -2.07.